The van der Waals surface area contributed by atoms with Crippen molar-refractivity contribution in [2.24, 2.45) is 0 Å². The van der Waals surface area contributed by atoms with Crippen LogP contribution in [0.1, 0.15) is 11.6 Å². The molecule has 0 aliphatic carbocycles. The molecule has 1 saturated heterocycles. The largest absolute Gasteiger partial charge is 0.516 e. The first-order chi connectivity index (χ1) is 6.62. The highest BCUT2D eigenvalue weighted by atomic mass is 16.6. The average molecular weight is 192 g/mol. The van der Waals surface area contributed by atoms with Gasteiger partial charge in [0.15, 0.2) is 12.6 Å². The SMILES string of the molecule is C[N+]1(C)C(=O)OC[C@H]1c1ccccc1. The number of carbonyl (C=O) groups is 1. The van der Waals surface area contributed by atoms with E-state index in [0.29, 0.717) is 6.61 Å². The smallest absolute Gasteiger partial charge is 0.413 e. The van der Waals surface area contributed by atoms with Gasteiger partial charge in [-0.25, -0.2) is 4.48 Å². The number of benzene rings is 1. The van der Waals surface area contributed by atoms with Crippen LogP contribution in [0.2, 0.25) is 0 Å². The number of likely N-dealkylation sites (N-methyl/N-ethyl adjacent to an activating group) is 1. The second-order valence-corrected chi connectivity index (χ2v) is 4.04. The van der Waals surface area contributed by atoms with E-state index in [9.17, 15) is 4.79 Å². The van der Waals surface area contributed by atoms with Gasteiger partial charge in [-0.1, -0.05) is 30.3 Å². The number of carbonyl (C=O) groups excluding carboxylic acids is 1. The van der Waals surface area contributed by atoms with Crippen LogP contribution in [0.25, 0.3) is 0 Å². The maximum Gasteiger partial charge on any atom is 0.516 e. The summed E-state index contributed by atoms with van der Waals surface area (Å²) in [6, 6.07) is 10.1. The van der Waals surface area contributed by atoms with Gasteiger partial charge in [0.1, 0.15) is 0 Å². The van der Waals surface area contributed by atoms with Crippen LogP contribution in [0, 0.1) is 0 Å². The maximum atomic E-state index is 11.4. The normalized spacial score (nSPS) is 24.7. The molecule has 74 valence electrons. The highest BCUT2D eigenvalue weighted by molar-refractivity contribution is 5.61. The lowest BCUT2D eigenvalue weighted by atomic mass is 10.1. The van der Waals surface area contributed by atoms with Crippen molar-refractivity contribution in [3.8, 4) is 0 Å². The van der Waals surface area contributed by atoms with Gasteiger partial charge >= 0.3 is 6.09 Å². The zero-order valence-electron chi connectivity index (χ0n) is 8.43. The van der Waals surface area contributed by atoms with Crippen molar-refractivity contribution in [2.75, 3.05) is 20.7 Å². The molecule has 1 aromatic carbocycles. The van der Waals surface area contributed by atoms with Gasteiger partial charge in [0.2, 0.25) is 0 Å². The Kier molecular flexibility index (Phi) is 2.04. The third-order valence-electron chi connectivity index (χ3n) is 2.80. The van der Waals surface area contributed by atoms with Crippen LogP contribution >= 0.6 is 0 Å². The van der Waals surface area contributed by atoms with E-state index in [1.54, 1.807) is 0 Å². The number of nitrogens with zero attached hydrogens (tertiary/aromatic N) is 1. The second-order valence-electron chi connectivity index (χ2n) is 4.04. The fraction of sp³-hybridized carbons (Fsp3) is 0.364. The van der Waals surface area contributed by atoms with E-state index in [1.165, 1.54) is 0 Å². The summed E-state index contributed by atoms with van der Waals surface area (Å²) < 4.78 is 5.35. The Balaban J connectivity index is 2.33. The minimum Gasteiger partial charge on any atom is -0.413 e. The first-order valence-corrected chi connectivity index (χ1v) is 4.68. The molecule has 14 heavy (non-hydrogen) atoms. The van der Waals surface area contributed by atoms with Gasteiger partial charge in [-0.2, -0.15) is 4.79 Å². The van der Waals surface area contributed by atoms with Gasteiger partial charge in [-0.05, 0) is 0 Å². The van der Waals surface area contributed by atoms with Crippen molar-refractivity contribution >= 4 is 6.09 Å². The Morgan fingerprint density at radius 3 is 2.43 bits per heavy atom. The van der Waals surface area contributed by atoms with Crippen molar-refractivity contribution in [1.29, 1.82) is 0 Å². The molecule has 3 nitrogen and oxygen atoms in total. The molecular weight excluding hydrogens is 178 g/mol. The van der Waals surface area contributed by atoms with Crippen molar-refractivity contribution < 1.29 is 14.0 Å². The Morgan fingerprint density at radius 2 is 1.93 bits per heavy atom. The van der Waals surface area contributed by atoms with E-state index in [4.69, 9.17) is 4.74 Å². The van der Waals surface area contributed by atoms with E-state index in [0.717, 1.165) is 5.56 Å². The molecule has 3 heteroatoms. The fourth-order valence-electron chi connectivity index (χ4n) is 1.77. The Bertz CT molecular complexity index is 346. The molecule has 1 aromatic rings. The predicted molar refractivity (Wildman–Crippen MR) is 52.6 cm³/mol. The first kappa shape index (κ1) is 9.21. The highest BCUT2D eigenvalue weighted by Crippen LogP contribution is 2.31. The monoisotopic (exact) mass is 192 g/mol. The van der Waals surface area contributed by atoms with E-state index < -0.39 is 0 Å². The predicted octanol–water partition coefficient (Wildman–Crippen LogP) is 1.95. The lowest BCUT2D eigenvalue weighted by Gasteiger charge is -2.24. The first-order valence-electron chi connectivity index (χ1n) is 4.68. The van der Waals surface area contributed by atoms with Crippen molar-refractivity contribution in [3.63, 3.8) is 0 Å². The van der Waals surface area contributed by atoms with Crippen LogP contribution in [0.5, 0.6) is 0 Å². The molecule has 1 heterocycles. The Hall–Kier alpha value is -1.35. The van der Waals surface area contributed by atoms with E-state index in [1.807, 2.05) is 44.4 Å². The highest BCUT2D eigenvalue weighted by Gasteiger charge is 2.45. The van der Waals surface area contributed by atoms with Crippen LogP contribution in [0.15, 0.2) is 30.3 Å². The number of amides is 1. The number of hydrogen-bond acceptors (Lipinski definition) is 2. The zero-order valence-corrected chi connectivity index (χ0v) is 8.43. The summed E-state index contributed by atoms with van der Waals surface area (Å²) in [4.78, 5) is 11.4. The summed E-state index contributed by atoms with van der Waals surface area (Å²) in [5.41, 5.74) is 1.16. The van der Waals surface area contributed by atoms with Crippen molar-refractivity contribution in [1.82, 2.24) is 0 Å². The van der Waals surface area contributed by atoms with Crippen LogP contribution in [0.4, 0.5) is 4.79 Å². The summed E-state index contributed by atoms with van der Waals surface area (Å²) in [5.74, 6) is 0. The molecule has 1 fully saturated rings. The number of ether oxygens (including phenoxy) is 1. The third-order valence-corrected chi connectivity index (χ3v) is 2.80. The summed E-state index contributed by atoms with van der Waals surface area (Å²) in [7, 11) is 3.76. The van der Waals surface area contributed by atoms with Gasteiger partial charge < -0.3 is 4.74 Å². The Morgan fingerprint density at radius 1 is 1.29 bits per heavy atom. The van der Waals surface area contributed by atoms with E-state index >= 15 is 0 Å². The molecule has 0 saturated carbocycles. The van der Waals surface area contributed by atoms with Crippen molar-refractivity contribution in [3.05, 3.63) is 35.9 Å². The molecule has 0 bridgehead atoms. The molecule has 1 aliphatic heterocycles. The molecule has 2 rings (SSSR count). The summed E-state index contributed by atoms with van der Waals surface area (Å²) in [6.07, 6.45) is -0.154. The van der Waals surface area contributed by atoms with Gasteiger partial charge in [-0.15, -0.1) is 0 Å². The summed E-state index contributed by atoms with van der Waals surface area (Å²) in [6.45, 7) is 0.482. The second kappa shape index (κ2) is 3.10. The maximum absolute atomic E-state index is 11.4. The van der Waals surface area contributed by atoms with Gasteiger partial charge in [-0.3, -0.25) is 0 Å². The molecule has 1 atom stereocenters. The topological polar surface area (TPSA) is 26.3 Å². The number of quaternary nitrogens is 1. The van der Waals surface area contributed by atoms with Crippen molar-refractivity contribution in [2.45, 2.75) is 6.04 Å². The van der Waals surface area contributed by atoms with Crippen LogP contribution < -0.4 is 0 Å². The quantitative estimate of drug-likeness (QED) is 0.636. The number of rotatable bonds is 1. The number of cyclic esters (lactones) is 1. The molecule has 0 radical (unpaired) electrons. The Labute approximate surface area is 83.5 Å². The van der Waals surface area contributed by atoms with Crippen LogP contribution in [0.3, 0.4) is 0 Å². The van der Waals surface area contributed by atoms with Crippen LogP contribution in [-0.2, 0) is 4.74 Å². The lowest BCUT2D eigenvalue weighted by Crippen LogP contribution is -2.42. The van der Waals surface area contributed by atoms with Crippen LogP contribution in [-0.4, -0.2) is 31.3 Å². The molecule has 1 amide bonds. The summed E-state index contributed by atoms with van der Waals surface area (Å²) in [5, 5.41) is 0. The van der Waals surface area contributed by atoms with Gasteiger partial charge in [0, 0.05) is 5.56 Å². The molecule has 1 aliphatic rings. The molecule has 0 spiro atoms. The molecular formula is C11H14NO2+. The van der Waals surface area contributed by atoms with Gasteiger partial charge in [0.05, 0.1) is 14.1 Å². The van der Waals surface area contributed by atoms with E-state index in [-0.39, 0.29) is 16.6 Å². The minimum atomic E-state index is -0.154. The number of hydrogen-bond donors (Lipinski definition) is 0. The molecule has 0 N–H and O–H groups in total. The minimum absolute atomic E-state index is 0.128. The average Bonchev–Trinajstić information content (AvgIpc) is 2.44. The summed E-state index contributed by atoms with van der Waals surface area (Å²) >= 11 is 0. The zero-order chi connectivity index (χ0) is 10.2. The third kappa shape index (κ3) is 1.30. The fourth-order valence-corrected chi connectivity index (χ4v) is 1.77. The van der Waals surface area contributed by atoms with Gasteiger partial charge in [0.25, 0.3) is 0 Å². The molecule has 0 unspecified atom stereocenters. The lowest BCUT2D eigenvalue weighted by molar-refractivity contribution is -0.832. The molecule has 0 aromatic heterocycles. The standard InChI is InChI=1S/C11H14NO2/c1-12(2)10(8-14-11(12)13)9-6-4-3-5-7-9/h3-7,10H,8H2,1-2H3/q+1/t10-/m0/s1. The van der Waals surface area contributed by atoms with E-state index in [2.05, 4.69) is 0 Å².